The fraction of sp³-hybridized carbons (Fsp3) is 0.278. The molecule has 0 radical (unpaired) electrons. The molecule has 0 heterocycles. The van der Waals surface area contributed by atoms with Crippen molar-refractivity contribution in [2.24, 2.45) is 0 Å². The van der Waals surface area contributed by atoms with Crippen LogP contribution >= 0.6 is 0 Å². The number of aryl methyl sites for hydroxylation is 1. The molecule has 0 atom stereocenters. The first kappa shape index (κ1) is 15.9. The fourth-order valence-electron chi connectivity index (χ4n) is 1.99. The van der Waals surface area contributed by atoms with Crippen LogP contribution in [0.15, 0.2) is 48.5 Å². The van der Waals surface area contributed by atoms with E-state index in [0.717, 1.165) is 17.1 Å². The van der Waals surface area contributed by atoms with Gasteiger partial charge < -0.3 is 14.8 Å². The van der Waals surface area contributed by atoms with E-state index in [4.69, 9.17) is 9.47 Å². The van der Waals surface area contributed by atoms with E-state index in [2.05, 4.69) is 5.32 Å². The lowest BCUT2D eigenvalue weighted by Crippen LogP contribution is -2.22. The van der Waals surface area contributed by atoms with Crippen molar-refractivity contribution in [3.05, 3.63) is 59.7 Å². The molecular weight excluding hydrogens is 278 g/mol. The first-order chi connectivity index (χ1) is 10.7. The molecule has 116 valence electrons. The number of amides is 1. The summed E-state index contributed by atoms with van der Waals surface area (Å²) < 4.78 is 11.3. The summed E-state index contributed by atoms with van der Waals surface area (Å²) in [6, 6.07) is 15.0. The summed E-state index contributed by atoms with van der Waals surface area (Å²) in [7, 11) is 0. The van der Waals surface area contributed by atoms with Crippen LogP contribution in [0.3, 0.4) is 0 Å². The third-order valence-electron chi connectivity index (χ3n) is 3.16. The fourth-order valence-corrected chi connectivity index (χ4v) is 1.99. The smallest absolute Gasteiger partial charge is 0.251 e. The van der Waals surface area contributed by atoms with Crippen LogP contribution in [0.2, 0.25) is 0 Å². The Hall–Kier alpha value is -2.49. The summed E-state index contributed by atoms with van der Waals surface area (Å²) in [4.78, 5) is 11.6. The van der Waals surface area contributed by atoms with Crippen LogP contribution in [-0.2, 0) is 0 Å². The topological polar surface area (TPSA) is 47.6 Å². The highest BCUT2D eigenvalue weighted by molar-refractivity contribution is 5.94. The lowest BCUT2D eigenvalue weighted by molar-refractivity contribution is 0.0956. The highest BCUT2D eigenvalue weighted by atomic mass is 16.5. The zero-order chi connectivity index (χ0) is 15.8. The Morgan fingerprint density at radius 3 is 2.36 bits per heavy atom. The van der Waals surface area contributed by atoms with Crippen molar-refractivity contribution in [2.45, 2.75) is 13.8 Å². The first-order valence-corrected chi connectivity index (χ1v) is 7.40. The number of hydrogen-bond acceptors (Lipinski definition) is 3. The molecule has 0 bridgehead atoms. The van der Waals surface area contributed by atoms with E-state index >= 15 is 0 Å². The zero-order valence-electron chi connectivity index (χ0n) is 13.0. The van der Waals surface area contributed by atoms with Gasteiger partial charge in [-0.2, -0.15) is 0 Å². The SMILES string of the molecule is CCNC(=O)c1ccc(OCCOc2ccccc2C)cc1. The summed E-state index contributed by atoms with van der Waals surface area (Å²) in [5, 5.41) is 2.76. The average Bonchev–Trinajstić information content (AvgIpc) is 2.54. The molecular formula is C18H21NO3. The van der Waals surface area contributed by atoms with Gasteiger partial charge in [-0.25, -0.2) is 0 Å². The predicted octanol–water partition coefficient (Wildman–Crippen LogP) is 3.20. The lowest BCUT2D eigenvalue weighted by Gasteiger charge is -2.10. The van der Waals surface area contributed by atoms with Crippen LogP contribution in [0.1, 0.15) is 22.8 Å². The number of benzene rings is 2. The molecule has 4 nitrogen and oxygen atoms in total. The molecule has 1 amide bonds. The molecule has 0 saturated carbocycles. The van der Waals surface area contributed by atoms with Crippen molar-refractivity contribution in [1.29, 1.82) is 0 Å². The molecule has 1 N–H and O–H groups in total. The number of carbonyl (C=O) groups is 1. The van der Waals surface area contributed by atoms with Crippen molar-refractivity contribution in [3.63, 3.8) is 0 Å². The third kappa shape index (κ3) is 4.52. The molecule has 0 aliphatic heterocycles. The van der Waals surface area contributed by atoms with E-state index in [-0.39, 0.29) is 5.91 Å². The Bertz CT molecular complexity index is 608. The van der Waals surface area contributed by atoms with Gasteiger partial charge in [0.2, 0.25) is 0 Å². The highest BCUT2D eigenvalue weighted by Crippen LogP contribution is 2.16. The van der Waals surface area contributed by atoms with E-state index in [9.17, 15) is 4.79 Å². The number of para-hydroxylation sites is 1. The highest BCUT2D eigenvalue weighted by Gasteiger charge is 2.04. The molecule has 2 rings (SSSR count). The number of nitrogens with one attached hydrogen (secondary N) is 1. The quantitative estimate of drug-likeness (QED) is 0.799. The Morgan fingerprint density at radius 2 is 1.68 bits per heavy atom. The Labute approximate surface area is 131 Å². The number of carbonyl (C=O) groups excluding carboxylic acids is 1. The van der Waals surface area contributed by atoms with Gasteiger partial charge in [-0.3, -0.25) is 4.79 Å². The van der Waals surface area contributed by atoms with Crippen molar-refractivity contribution >= 4 is 5.91 Å². The van der Waals surface area contributed by atoms with E-state index in [0.29, 0.717) is 25.3 Å². The lowest BCUT2D eigenvalue weighted by atomic mass is 10.2. The number of rotatable bonds is 7. The maximum atomic E-state index is 11.6. The maximum Gasteiger partial charge on any atom is 0.251 e. The summed E-state index contributed by atoms with van der Waals surface area (Å²) in [6.45, 7) is 5.45. The van der Waals surface area contributed by atoms with Gasteiger partial charge in [-0.1, -0.05) is 18.2 Å². The van der Waals surface area contributed by atoms with E-state index in [1.807, 2.05) is 38.1 Å². The third-order valence-corrected chi connectivity index (χ3v) is 3.16. The molecule has 0 aromatic heterocycles. The zero-order valence-corrected chi connectivity index (χ0v) is 13.0. The minimum absolute atomic E-state index is 0.0723. The Kier molecular flexibility index (Phi) is 5.83. The number of hydrogen-bond donors (Lipinski definition) is 1. The molecule has 0 fully saturated rings. The van der Waals surface area contributed by atoms with Crippen LogP contribution in [0.25, 0.3) is 0 Å². The summed E-state index contributed by atoms with van der Waals surface area (Å²) in [6.07, 6.45) is 0. The first-order valence-electron chi connectivity index (χ1n) is 7.40. The number of ether oxygens (including phenoxy) is 2. The van der Waals surface area contributed by atoms with Gasteiger partial charge in [0.05, 0.1) is 0 Å². The van der Waals surface area contributed by atoms with Crippen LogP contribution in [0.5, 0.6) is 11.5 Å². The summed E-state index contributed by atoms with van der Waals surface area (Å²) in [5.41, 5.74) is 1.74. The summed E-state index contributed by atoms with van der Waals surface area (Å²) in [5.74, 6) is 1.52. The predicted molar refractivity (Wildman–Crippen MR) is 86.6 cm³/mol. The van der Waals surface area contributed by atoms with E-state index in [1.165, 1.54) is 0 Å². The van der Waals surface area contributed by atoms with Gasteiger partial charge in [0, 0.05) is 12.1 Å². The minimum Gasteiger partial charge on any atom is -0.490 e. The van der Waals surface area contributed by atoms with Gasteiger partial charge in [0.15, 0.2) is 0 Å². The molecule has 0 spiro atoms. The Balaban J connectivity index is 1.78. The molecule has 2 aromatic carbocycles. The Morgan fingerprint density at radius 1 is 1.00 bits per heavy atom. The van der Waals surface area contributed by atoms with Gasteiger partial charge in [-0.15, -0.1) is 0 Å². The van der Waals surface area contributed by atoms with E-state index in [1.54, 1.807) is 24.3 Å². The minimum atomic E-state index is -0.0723. The standard InChI is InChI=1S/C18H21NO3/c1-3-19-18(20)15-8-10-16(11-9-15)21-12-13-22-17-7-5-4-6-14(17)2/h4-11H,3,12-13H2,1-2H3,(H,19,20). The molecule has 0 aliphatic carbocycles. The van der Waals surface area contributed by atoms with Crippen LogP contribution in [0, 0.1) is 6.92 Å². The van der Waals surface area contributed by atoms with Crippen LogP contribution in [-0.4, -0.2) is 25.7 Å². The normalized spacial score (nSPS) is 10.1. The maximum absolute atomic E-state index is 11.6. The van der Waals surface area contributed by atoms with Crippen LogP contribution in [0.4, 0.5) is 0 Å². The van der Waals surface area contributed by atoms with Gasteiger partial charge in [-0.05, 0) is 49.7 Å². The monoisotopic (exact) mass is 299 g/mol. The van der Waals surface area contributed by atoms with Gasteiger partial charge in [0.1, 0.15) is 24.7 Å². The molecule has 22 heavy (non-hydrogen) atoms. The van der Waals surface area contributed by atoms with Crippen molar-refractivity contribution in [1.82, 2.24) is 5.32 Å². The largest absolute Gasteiger partial charge is 0.490 e. The average molecular weight is 299 g/mol. The molecule has 4 heteroatoms. The van der Waals surface area contributed by atoms with Crippen LogP contribution < -0.4 is 14.8 Å². The van der Waals surface area contributed by atoms with Crippen molar-refractivity contribution in [3.8, 4) is 11.5 Å². The second kappa shape index (κ2) is 8.08. The van der Waals surface area contributed by atoms with E-state index < -0.39 is 0 Å². The molecule has 0 unspecified atom stereocenters. The van der Waals surface area contributed by atoms with Crippen molar-refractivity contribution in [2.75, 3.05) is 19.8 Å². The molecule has 0 saturated heterocycles. The molecule has 2 aromatic rings. The molecule has 0 aliphatic rings. The second-order valence-electron chi connectivity index (χ2n) is 4.85. The van der Waals surface area contributed by atoms with Crippen molar-refractivity contribution < 1.29 is 14.3 Å². The van der Waals surface area contributed by atoms with Gasteiger partial charge in [0.25, 0.3) is 5.91 Å². The van der Waals surface area contributed by atoms with Gasteiger partial charge >= 0.3 is 0 Å². The summed E-state index contributed by atoms with van der Waals surface area (Å²) >= 11 is 0. The second-order valence-corrected chi connectivity index (χ2v) is 4.85.